The van der Waals surface area contributed by atoms with Crippen molar-refractivity contribution in [3.8, 4) is 5.75 Å². The molecule has 1 aromatic rings. The smallest absolute Gasteiger partial charge is 0.338 e. The van der Waals surface area contributed by atoms with Crippen LogP contribution in [0.1, 0.15) is 91.8 Å². The summed E-state index contributed by atoms with van der Waals surface area (Å²) in [6.07, 6.45) is 12.4. The van der Waals surface area contributed by atoms with E-state index < -0.39 is 11.9 Å². The SMILES string of the molecule is CCCCCCCCCCCCOc1cc(C(=O)O)cc(C(=O)OC)c1. The lowest BCUT2D eigenvalue weighted by molar-refractivity contribution is 0.0600. The van der Waals surface area contributed by atoms with Gasteiger partial charge in [-0.25, -0.2) is 9.59 Å². The maximum atomic E-state index is 11.6. The monoisotopic (exact) mass is 364 g/mol. The number of carboxylic acid groups (broad SMARTS) is 1. The molecule has 0 aliphatic heterocycles. The molecule has 0 aromatic heterocycles. The third kappa shape index (κ3) is 8.88. The number of ether oxygens (including phenoxy) is 2. The normalized spacial score (nSPS) is 10.5. The van der Waals surface area contributed by atoms with Crippen molar-refractivity contribution in [2.24, 2.45) is 0 Å². The first kappa shape index (κ1) is 22.0. The minimum absolute atomic E-state index is 0.0194. The molecule has 0 amide bonds. The first-order chi connectivity index (χ1) is 12.6. The number of unbranched alkanes of at least 4 members (excludes halogenated alkanes) is 9. The van der Waals surface area contributed by atoms with Crippen LogP contribution in [0.2, 0.25) is 0 Å². The Hall–Kier alpha value is -2.04. The van der Waals surface area contributed by atoms with Crippen molar-refractivity contribution >= 4 is 11.9 Å². The van der Waals surface area contributed by atoms with E-state index in [0.717, 1.165) is 12.8 Å². The van der Waals surface area contributed by atoms with E-state index >= 15 is 0 Å². The number of esters is 1. The highest BCUT2D eigenvalue weighted by molar-refractivity contribution is 5.95. The quantitative estimate of drug-likeness (QED) is 0.350. The minimum atomic E-state index is -1.10. The Labute approximate surface area is 156 Å². The predicted octanol–water partition coefficient (Wildman–Crippen LogP) is 5.47. The number of hydrogen-bond acceptors (Lipinski definition) is 4. The molecule has 0 aliphatic carbocycles. The second-order valence-corrected chi connectivity index (χ2v) is 6.57. The lowest BCUT2D eigenvalue weighted by Crippen LogP contribution is -2.06. The first-order valence-corrected chi connectivity index (χ1v) is 9.68. The van der Waals surface area contributed by atoms with E-state index in [-0.39, 0.29) is 11.1 Å². The highest BCUT2D eigenvalue weighted by Gasteiger charge is 2.13. The summed E-state index contributed by atoms with van der Waals surface area (Å²) in [6, 6.07) is 4.25. The highest BCUT2D eigenvalue weighted by Crippen LogP contribution is 2.19. The van der Waals surface area contributed by atoms with Crippen molar-refractivity contribution < 1.29 is 24.2 Å². The van der Waals surface area contributed by atoms with Gasteiger partial charge in [-0.1, -0.05) is 64.7 Å². The summed E-state index contributed by atoms with van der Waals surface area (Å²) in [5.41, 5.74) is 0.205. The van der Waals surface area contributed by atoms with Crippen molar-refractivity contribution in [2.75, 3.05) is 13.7 Å². The molecule has 1 aromatic carbocycles. The molecule has 146 valence electrons. The third-order valence-electron chi connectivity index (χ3n) is 4.34. The van der Waals surface area contributed by atoms with Gasteiger partial charge in [0.15, 0.2) is 0 Å². The van der Waals surface area contributed by atoms with E-state index in [1.807, 2.05) is 0 Å². The Balaban J connectivity index is 2.27. The van der Waals surface area contributed by atoms with Gasteiger partial charge in [0.05, 0.1) is 24.8 Å². The van der Waals surface area contributed by atoms with Gasteiger partial charge < -0.3 is 14.6 Å². The van der Waals surface area contributed by atoms with Crippen molar-refractivity contribution in [3.63, 3.8) is 0 Å². The van der Waals surface area contributed by atoms with Crippen LogP contribution >= 0.6 is 0 Å². The van der Waals surface area contributed by atoms with Crippen molar-refractivity contribution in [1.82, 2.24) is 0 Å². The largest absolute Gasteiger partial charge is 0.494 e. The minimum Gasteiger partial charge on any atom is -0.494 e. The number of methoxy groups -OCH3 is 1. The molecule has 1 rings (SSSR count). The van der Waals surface area contributed by atoms with E-state index in [9.17, 15) is 9.59 Å². The topological polar surface area (TPSA) is 72.8 Å². The summed E-state index contributed by atoms with van der Waals surface area (Å²) in [5, 5.41) is 9.14. The standard InChI is InChI=1S/C21H32O5/c1-3-4-5-6-7-8-9-10-11-12-13-26-19-15-17(20(22)23)14-18(16-19)21(24)25-2/h14-16H,3-13H2,1-2H3,(H,22,23). The fraction of sp³-hybridized carbons (Fsp3) is 0.619. The molecule has 0 atom stereocenters. The molecule has 0 aliphatic rings. The Morgan fingerprint density at radius 2 is 1.38 bits per heavy atom. The molecular formula is C21H32O5. The number of hydrogen-bond donors (Lipinski definition) is 1. The van der Waals surface area contributed by atoms with E-state index in [1.165, 1.54) is 76.7 Å². The van der Waals surface area contributed by atoms with Crippen LogP contribution in [0.4, 0.5) is 0 Å². The van der Waals surface area contributed by atoms with E-state index in [4.69, 9.17) is 9.84 Å². The summed E-state index contributed by atoms with van der Waals surface area (Å²) < 4.78 is 10.3. The van der Waals surface area contributed by atoms with Crippen LogP contribution in [0.25, 0.3) is 0 Å². The van der Waals surface area contributed by atoms with Crippen molar-refractivity contribution in [3.05, 3.63) is 29.3 Å². The van der Waals surface area contributed by atoms with Crippen LogP contribution < -0.4 is 4.74 Å². The Bertz CT molecular complexity index is 553. The van der Waals surface area contributed by atoms with Crippen molar-refractivity contribution in [2.45, 2.75) is 71.1 Å². The van der Waals surface area contributed by atoms with Gasteiger partial charge in [0.2, 0.25) is 0 Å². The van der Waals surface area contributed by atoms with E-state index in [1.54, 1.807) is 0 Å². The molecule has 5 nitrogen and oxygen atoms in total. The van der Waals surface area contributed by atoms with Crippen LogP contribution in [-0.2, 0) is 4.74 Å². The number of aromatic carboxylic acids is 1. The van der Waals surface area contributed by atoms with Gasteiger partial charge in [-0.15, -0.1) is 0 Å². The number of carboxylic acids is 1. The molecule has 0 radical (unpaired) electrons. The second-order valence-electron chi connectivity index (χ2n) is 6.57. The lowest BCUT2D eigenvalue weighted by atomic mass is 10.1. The van der Waals surface area contributed by atoms with Crippen LogP contribution in [0, 0.1) is 0 Å². The maximum Gasteiger partial charge on any atom is 0.338 e. The van der Waals surface area contributed by atoms with Crippen LogP contribution in [0.3, 0.4) is 0 Å². The molecule has 0 unspecified atom stereocenters. The molecule has 26 heavy (non-hydrogen) atoms. The third-order valence-corrected chi connectivity index (χ3v) is 4.34. The van der Waals surface area contributed by atoms with Gasteiger partial charge in [0.25, 0.3) is 0 Å². The average molecular weight is 364 g/mol. The van der Waals surface area contributed by atoms with Gasteiger partial charge >= 0.3 is 11.9 Å². The molecular weight excluding hydrogens is 332 g/mol. The summed E-state index contributed by atoms with van der Waals surface area (Å²) in [5.74, 6) is -1.28. The number of rotatable bonds is 14. The molecule has 0 spiro atoms. The number of benzene rings is 1. The maximum absolute atomic E-state index is 11.6. The average Bonchev–Trinajstić information content (AvgIpc) is 2.65. The van der Waals surface area contributed by atoms with E-state index in [0.29, 0.717) is 12.4 Å². The zero-order valence-corrected chi connectivity index (χ0v) is 16.1. The summed E-state index contributed by atoms with van der Waals surface area (Å²) >= 11 is 0. The highest BCUT2D eigenvalue weighted by atomic mass is 16.5. The molecule has 0 bridgehead atoms. The van der Waals surface area contributed by atoms with Crippen molar-refractivity contribution in [1.29, 1.82) is 0 Å². The van der Waals surface area contributed by atoms with Gasteiger partial charge in [-0.3, -0.25) is 0 Å². The van der Waals surface area contributed by atoms with Gasteiger partial charge in [0.1, 0.15) is 5.75 Å². The lowest BCUT2D eigenvalue weighted by Gasteiger charge is -2.09. The molecule has 0 heterocycles. The zero-order chi connectivity index (χ0) is 19.2. The Kier molecular flexibility index (Phi) is 11.2. The van der Waals surface area contributed by atoms with Gasteiger partial charge in [-0.05, 0) is 24.6 Å². The fourth-order valence-corrected chi connectivity index (χ4v) is 2.82. The Morgan fingerprint density at radius 1 is 0.846 bits per heavy atom. The molecule has 0 fully saturated rings. The van der Waals surface area contributed by atoms with E-state index in [2.05, 4.69) is 11.7 Å². The van der Waals surface area contributed by atoms with Gasteiger partial charge in [-0.2, -0.15) is 0 Å². The molecule has 1 N–H and O–H groups in total. The molecule has 5 heteroatoms. The fourth-order valence-electron chi connectivity index (χ4n) is 2.82. The summed E-state index contributed by atoms with van der Waals surface area (Å²) in [6.45, 7) is 2.75. The van der Waals surface area contributed by atoms with Crippen LogP contribution in [0.15, 0.2) is 18.2 Å². The second kappa shape index (κ2) is 13.2. The Morgan fingerprint density at radius 3 is 1.92 bits per heavy atom. The molecule has 0 saturated heterocycles. The number of carbonyl (C=O) groups is 2. The molecule has 0 saturated carbocycles. The van der Waals surface area contributed by atoms with Gasteiger partial charge in [0, 0.05) is 0 Å². The van der Waals surface area contributed by atoms with Crippen LogP contribution in [0.5, 0.6) is 5.75 Å². The predicted molar refractivity (Wildman–Crippen MR) is 102 cm³/mol. The number of carbonyl (C=O) groups excluding carboxylic acids is 1. The summed E-state index contributed by atoms with van der Waals surface area (Å²) in [7, 11) is 1.26. The van der Waals surface area contributed by atoms with Crippen LogP contribution in [-0.4, -0.2) is 30.8 Å². The summed E-state index contributed by atoms with van der Waals surface area (Å²) in [4.78, 5) is 22.8. The zero-order valence-electron chi connectivity index (χ0n) is 16.1. The first-order valence-electron chi connectivity index (χ1n) is 9.68.